The Morgan fingerprint density at radius 1 is 0.826 bits per heavy atom. The van der Waals surface area contributed by atoms with Gasteiger partial charge in [-0.2, -0.15) is 0 Å². The summed E-state index contributed by atoms with van der Waals surface area (Å²) in [5.41, 5.74) is 1.07. The standard InChI is InChI=1S/C20H24O3/c1-14(2)20(3,21)19-22-17(15-10-6-4-7-11-15)18(23-19)16-12-8-5-9-13-16/h4-14,17-19,21H,1-3H3/t17-,18-,20+/m0/s1. The summed E-state index contributed by atoms with van der Waals surface area (Å²) in [6.07, 6.45) is -1.11. The largest absolute Gasteiger partial charge is 0.385 e. The lowest BCUT2D eigenvalue weighted by molar-refractivity contribution is -0.203. The van der Waals surface area contributed by atoms with Gasteiger partial charge in [0.15, 0.2) is 6.29 Å². The van der Waals surface area contributed by atoms with Crippen LogP contribution in [0.15, 0.2) is 60.7 Å². The number of benzene rings is 2. The fraction of sp³-hybridized carbons (Fsp3) is 0.400. The molecule has 0 saturated carbocycles. The second-order valence-electron chi connectivity index (χ2n) is 6.65. The second-order valence-corrected chi connectivity index (χ2v) is 6.65. The normalized spacial score (nSPS) is 24.7. The van der Waals surface area contributed by atoms with E-state index in [0.29, 0.717) is 0 Å². The van der Waals surface area contributed by atoms with Crippen molar-refractivity contribution in [3.05, 3.63) is 71.8 Å². The van der Waals surface area contributed by atoms with Gasteiger partial charge in [0.2, 0.25) is 0 Å². The Morgan fingerprint density at radius 2 is 1.22 bits per heavy atom. The van der Waals surface area contributed by atoms with E-state index in [9.17, 15) is 5.11 Å². The zero-order valence-corrected chi connectivity index (χ0v) is 13.8. The Morgan fingerprint density at radius 3 is 1.57 bits per heavy atom. The van der Waals surface area contributed by atoms with Crippen LogP contribution in [0.2, 0.25) is 0 Å². The van der Waals surface area contributed by atoms with Crippen LogP contribution >= 0.6 is 0 Å². The first-order valence-electron chi connectivity index (χ1n) is 8.13. The van der Waals surface area contributed by atoms with Gasteiger partial charge in [0.1, 0.15) is 17.8 Å². The molecule has 3 atom stereocenters. The maximum Gasteiger partial charge on any atom is 0.187 e. The molecule has 1 heterocycles. The Hall–Kier alpha value is -1.68. The van der Waals surface area contributed by atoms with E-state index < -0.39 is 11.9 Å². The van der Waals surface area contributed by atoms with Crippen molar-refractivity contribution in [3.63, 3.8) is 0 Å². The fourth-order valence-corrected chi connectivity index (χ4v) is 2.78. The highest BCUT2D eigenvalue weighted by atomic mass is 16.7. The first-order valence-corrected chi connectivity index (χ1v) is 8.13. The summed E-state index contributed by atoms with van der Waals surface area (Å²) in [5, 5.41) is 10.8. The highest BCUT2D eigenvalue weighted by Crippen LogP contribution is 2.46. The first-order chi connectivity index (χ1) is 11.0. The molecule has 122 valence electrons. The molecule has 0 amide bonds. The Labute approximate surface area is 137 Å². The van der Waals surface area contributed by atoms with Gasteiger partial charge in [-0.25, -0.2) is 0 Å². The maximum atomic E-state index is 10.8. The summed E-state index contributed by atoms with van der Waals surface area (Å²) >= 11 is 0. The predicted octanol–water partition coefficient (Wildman–Crippen LogP) is 4.25. The van der Waals surface area contributed by atoms with Gasteiger partial charge >= 0.3 is 0 Å². The summed E-state index contributed by atoms with van der Waals surface area (Å²) in [6, 6.07) is 20.1. The van der Waals surface area contributed by atoms with Crippen molar-refractivity contribution in [1.82, 2.24) is 0 Å². The SMILES string of the molecule is CC(C)[C@@](C)(O)C1O[C@@H](c2ccccc2)[C@H](c2ccccc2)O1. The van der Waals surface area contributed by atoms with Crippen LogP contribution in [-0.2, 0) is 9.47 Å². The molecule has 1 fully saturated rings. The van der Waals surface area contributed by atoms with E-state index in [0.717, 1.165) is 11.1 Å². The minimum atomic E-state index is -1.05. The van der Waals surface area contributed by atoms with Crippen LogP contribution in [0.4, 0.5) is 0 Å². The van der Waals surface area contributed by atoms with Crippen LogP contribution < -0.4 is 0 Å². The molecular weight excluding hydrogens is 288 g/mol. The van der Waals surface area contributed by atoms with Crippen molar-refractivity contribution < 1.29 is 14.6 Å². The Kier molecular flexibility index (Phi) is 4.53. The first kappa shape index (κ1) is 16.2. The van der Waals surface area contributed by atoms with E-state index in [4.69, 9.17) is 9.47 Å². The smallest absolute Gasteiger partial charge is 0.187 e. The van der Waals surface area contributed by atoms with Crippen molar-refractivity contribution in [1.29, 1.82) is 0 Å². The quantitative estimate of drug-likeness (QED) is 0.917. The summed E-state index contributed by atoms with van der Waals surface area (Å²) < 4.78 is 12.3. The Bertz CT molecular complexity index is 574. The minimum absolute atomic E-state index is 0.0263. The molecule has 0 aliphatic carbocycles. The van der Waals surface area contributed by atoms with Crippen LogP contribution in [0, 0.1) is 5.92 Å². The highest BCUT2D eigenvalue weighted by Gasteiger charge is 2.47. The zero-order chi connectivity index (χ0) is 16.4. The topological polar surface area (TPSA) is 38.7 Å². The lowest BCUT2D eigenvalue weighted by Crippen LogP contribution is -2.44. The monoisotopic (exact) mass is 312 g/mol. The molecule has 1 N–H and O–H groups in total. The molecule has 3 heteroatoms. The summed E-state index contributed by atoms with van der Waals surface area (Å²) in [7, 11) is 0. The highest BCUT2D eigenvalue weighted by molar-refractivity contribution is 5.26. The zero-order valence-electron chi connectivity index (χ0n) is 13.8. The average Bonchev–Trinajstić information content (AvgIpc) is 3.02. The van der Waals surface area contributed by atoms with Gasteiger partial charge in [0, 0.05) is 0 Å². The molecule has 0 bridgehead atoms. The van der Waals surface area contributed by atoms with Crippen LogP contribution in [-0.4, -0.2) is 17.0 Å². The average molecular weight is 312 g/mol. The Balaban J connectivity index is 1.95. The molecule has 1 aliphatic heterocycles. The predicted molar refractivity (Wildman–Crippen MR) is 89.8 cm³/mol. The van der Waals surface area contributed by atoms with Gasteiger partial charge in [-0.15, -0.1) is 0 Å². The molecular formula is C20H24O3. The van der Waals surface area contributed by atoms with Crippen molar-refractivity contribution in [2.24, 2.45) is 5.92 Å². The van der Waals surface area contributed by atoms with E-state index in [1.807, 2.05) is 74.5 Å². The van der Waals surface area contributed by atoms with E-state index in [-0.39, 0.29) is 18.1 Å². The van der Waals surface area contributed by atoms with E-state index in [2.05, 4.69) is 0 Å². The van der Waals surface area contributed by atoms with Gasteiger partial charge in [-0.05, 0) is 24.0 Å². The lowest BCUT2D eigenvalue weighted by Gasteiger charge is -2.32. The molecule has 3 rings (SSSR count). The third-order valence-electron chi connectivity index (χ3n) is 4.72. The molecule has 1 saturated heterocycles. The van der Waals surface area contributed by atoms with Crippen LogP contribution in [0.3, 0.4) is 0 Å². The van der Waals surface area contributed by atoms with Gasteiger partial charge in [-0.1, -0.05) is 74.5 Å². The molecule has 0 unspecified atom stereocenters. The summed E-state index contributed by atoms with van der Waals surface area (Å²) in [6.45, 7) is 5.72. The third kappa shape index (κ3) is 3.18. The molecule has 2 aromatic rings. The van der Waals surface area contributed by atoms with Gasteiger partial charge in [0.25, 0.3) is 0 Å². The van der Waals surface area contributed by atoms with E-state index in [1.54, 1.807) is 6.92 Å². The summed E-state index contributed by atoms with van der Waals surface area (Å²) in [4.78, 5) is 0. The molecule has 3 nitrogen and oxygen atoms in total. The number of ether oxygens (including phenoxy) is 2. The van der Waals surface area contributed by atoms with Gasteiger partial charge in [-0.3, -0.25) is 0 Å². The van der Waals surface area contributed by atoms with Crippen molar-refractivity contribution in [2.75, 3.05) is 0 Å². The van der Waals surface area contributed by atoms with E-state index >= 15 is 0 Å². The molecule has 0 spiro atoms. The number of hydrogen-bond acceptors (Lipinski definition) is 3. The second kappa shape index (κ2) is 6.44. The van der Waals surface area contributed by atoms with E-state index in [1.165, 1.54) is 0 Å². The third-order valence-corrected chi connectivity index (χ3v) is 4.72. The van der Waals surface area contributed by atoms with Gasteiger partial charge < -0.3 is 14.6 Å². The van der Waals surface area contributed by atoms with Crippen LogP contribution in [0.1, 0.15) is 44.1 Å². The molecule has 1 aliphatic rings. The molecule has 23 heavy (non-hydrogen) atoms. The maximum absolute atomic E-state index is 10.8. The number of aliphatic hydroxyl groups is 1. The molecule has 2 aromatic carbocycles. The lowest BCUT2D eigenvalue weighted by atomic mass is 9.92. The number of rotatable bonds is 4. The van der Waals surface area contributed by atoms with Crippen LogP contribution in [0.5, 0.6) is 0 Å². The summed E-state index contributed by atoms with van der Waals surface area (Å²) in [5.74, 6) is 0.0263. The van der Waals surface area contributed by atoms with Crippen LogP contribution in [0.25, 0.3) is 0 Å². The minimum Gasteiger partial charge on any atom is -0.385 e. The van der Waals surface area contributed by atoms with Crippen molar-refractivity contribution in [2.45, 2.75) is 44.9 Å². The van der Waals surface area contributed by atoms with Gasteiger partial charge in [0.05, 0.1) is 0 Å². The van der Waals surface area contributed by atoms with Crippen molar-refractivity contribution >= 4 is 0 Å². The number of hydrogen-bond donors (Lipinski definition) is 1. The molecule has 0 radical (unpaired) electrons. The molecule has 0 aromatic heterocycles. The van der Waals surface area contributed by atoms with Crippen molar-refractivity contribution in [3.8, 4) is 0 Å². The fourth-order valence-electron chi connectivity index (χ4n) is 2.78.